The molecule has 0 aromatic heterocycles. The minimum Gasteiger partial charge on any atom is -0.196 e. The van der Waals surface area contributed by atoms with Gasteiger partial charge in [-0.3, -0.25) is 0 Å². The van der Waals surface area contributed by atoms with Gasteiger partial charge in [-0.1, -0.05) is 6.92 Å². The van der Waals surface area contributed by atoms with Crippen molar-refractivity contribution in [2.45, 2.75) is 39.2 Å². The third-order valence-corrected chi connectivity index (χ3v) is 4.56. The average molecular weight is 245 g/mol. The molecule has 0 unspecified atom stereocenters. The summed E-state index contributed by atoms with van der Waals surface area (Å²) in [5, 5.41) is 8.80. The highest BCUT2D eigenvalue weighted by molar-refractivity contribution is 7.87. The summed E-state index contributed by atoms with van der Waals surface area (Å²) in [5.41, 5.74) is -1.05. The Labute approximate surface area is 97.6 Å². The normalized spacial score (nSPS) is 20.6. The summed E-state index contributed by atoms with van der Waals surface area (Å²) in [6.07, 6.45) is 1.77. The second-order valence-corrected chi connectivity index (χ2v) is 6.60. The Morgan fingerprint density at radius 1 is 1.38 bits per heavy atom. The van der Waals surface area contributed by atoms with Crippen LogP contribution in [0.3, 0.4) is 0 Å². The van der Waals surface area contributed by atoms with E-state index in [-0.39, 0.29) is 0 Å². The summed E-state index contributed by atoms with van der Waals surface area (Å²) >= 11 is 0. The highest BCUT2D eigenvalue weighted by atomic mass is 32.2. The summed E-state index contributed by atoms with van der Waals surface area (Å²) in [4.78, 5) is 0. The third-order valence-electron chi connectivity index (χ3n) is 2.75. The van der Waals surface area contributed by atoms with Crippen LogP contribution in [0.5, 0.6) is 0 Å². The molecule has 0 aromatic rings. The quantitative estimate of drug-likeness (QED) is 0.801. The van der Waals surface area contributed by atoms with Crippen molar-refractivity contribution >= 4 is 10.2 Å². The second kappa shape index (κ2) is 4.70. The van der Waals surface area contributed by atoms with Crippen LogP contribution in [0.1, 0.15) is 33.6 Å². The van der Waals surface area contributed by atoms with Gasteiger partial charge in [0.15, 0.2) is 0 Å². The molecule has 92 valence electrons. The smallest absolute Gasteiger partial charge is 0.196 e. The maximum atomic E-state index is 11.9. The minimum atomic E-state index is -3.52. The number of hydrogen-bond acceptors (Lipinski definition) is 3. The first-order chi connectivity index (χ1) is 7.27. The topological polar surface area (TPSA) is 73.2 Å². The molecule has 5 nitrogen and oxygen atoms in total. The van der Waals surface area contributed by atoms with Gasteiger partial charge in [0, 0.05) is 13.1 Å². The van der Waals surface area contributed by atoms with Crippen molar-refractivity contribution in [1.82, 2.24) is 9.03 Å². The molecule has 16 heavy (non-hydrogen) atoms. The van der Waals surface area contributed by atoms with Gasteiger partial charge in [-0.25, -0.2) is 0 Å². The molecule has 0 spiro atoms. The lowest BCUT2D eigenvalue weighted by atomic mass is 10.0. The van der Waals surface area contributed by atoms with Crippen molar-refractivity contribution in [2.24, 2.45) is 5.92 Å². The van der Waals surface area contributed by atoms with Crippen LogP contribution in [0.2, 0.25) is 0 Å². The lowest BCUT2D eigenvalue weighted by Crippen LogP contribution is -2.51. The first kappa shape index (κ1) is 13.4. The number of piperidine rings is 1. The summed E-state index contributed by atoms with van der Waals surface area (Å²) < 4.78 is 27.7. The van der Waals surface area contributed by atoms with E-state index in [2.05, 4.69) is 11.6 Å². The zero-order chi connectivity index (χ0) is 12.4. The number of nitrogens with zero attached hydrogens (tertiary/aromatic N) is 2. The van der Waals surface area contributed by atoms with Gasteiger partial charge in [-0.05, 0) is 32.6 Å². The van der Waals surface area contributed by atoms with Crippen LogP contribution in [0.15, 0.2) is 0 Å². The van der Waals surface area contributed by atoms with Crippen molar-refractivity contribution in [1.29, 1.82) is 5.26 Å². The number of nitriles is 1. The largest absolute Gasteiger partial charge is 0.280 e. The fourth-order valence-electron chi connectivity index (χ4n) is 1.64. The molecule has 0 radical (unpaired) electrons. The monoisotopic (exact) mass is 245 g/mol. The van der Waals surface area contributed by atoms with E-state index in [0.29, 0.717) is 19.0 Å². The van der Waals surface area contributed by atoms with Gasteiger partial charge in [-0.2, -0.15) is 22.7 Å². The molecule has 0 bridgehead atoms. The molecular formula is C10H19N3O2S. The molecule has 0 atom stereocenters. The van der Waals surface area contributed by atoms with Crippen LogP contribution in [0, 0.1) is 17.2 Å². The predicted molar refractivity (Wildman–Crippen MR) is 61.7 cm³/mol. The molecule has 1 aliphatic rings. The van der Waals surface area contributed by atoms with Crippen LogP contribution in [-0.4, -0.2) is 31.4 Å². The van der Waals surface area contributed by atoms with Crippen molar-refractivity contribution in [3.63, 3.8) is 0 Å². The van der Waals surface area contributed by atoms with Crippen LogP contribution in [-0.2, 0) is 10.2 Å². The summed E-state index contributed by atoms with van der Waals surface area (Å²) in [7, 11) is -3.52. The van der Waals surface area contributed by atoms with E-state index >= 15 is 0 Å². The van der Waals surface area contributed by atoms with Crippen LogP contribution in [0.25, 0.3) is 0 Å². The van der Waals surface area contributed by atoms with E-state index in [0.717, 1.165) is 12.8 Å². The molecule has 0 amide bonds. The Bertz CT molecular complexity index is 375. The van der Waals surface area contributed by atoms with Gasteiger partial charge in [0.25, 0.3) is 10.2 Å². The summed E-state index contributed by atoms with van der Waals surface area (Å²) in [6, 6.07) is 1.93. The molecule has 1 fully saturated rings. The second-order valence-electron chi connectivity index (χ2n) is 4.93. The van der Waals surface area contributed by atoms with E-state index in [1.165, 1.54) is 4.31 Å². The van der Waals surface area contributed by atoms with E-state index in [1.807, 2.05) is 6.07 Å². The molecule has 0 saturated carbocycles. The van der Waals surface area contributed by atoms with Gasteiger partial charge in [-0.15, -0.1) is 0 Å². The maximum absolute atomic E-state index is 11.9. The van der Waals surface area contributed by atoms with Gasteiger partial charge < -0.3 is 0 Å². The molecule has 1 heterocycles. The first-order valence-corrected chi connectivity index (χ1v) is 6.91. The Kier molecular flexibility index (Phi) is 3.94. The molecule has 0 aliphatic carbocycles. The molecule has 0 aromatic carbocycles. The van der Waals surface area contributed by atoms with E-state index in [1.54, 1.807) is 13.8 Å². The fourth-order valence-corrected chi connectivity index (χ4v) is 3.15. The summed E-state index contributed by atoms with van der Waals surface area (Å²) in [6.45, 7) is 6.31. The van der Waals surface area contributed by atoms with Crippen LogP contribution >= 0.6 is 0 Å². The average Bonchev–Trinajstić information content (AvgIpc) is 2.17. The fraction of sp³-hybridized carbons (Fsp3) is 0.900. The minimum absolute atomic E-state index is 0.540. The molecule has 1 N–H and O–H groups in total. The van der Waals surface area contributed by atoms with Gasteiger partial charge in [0.05, 0.1) is 6.07 Å². The summed E-state index contributed by atoms with van der Waals surface area (Å²) in [5.74, 6) is 0.579. The Morgan fingerprint density at radius 3 is 2.31 bits per heavy atom. The Hall–Kier alpha value is -0.640. The van der Waals surface area contributed by atoms with Gasteiger partial charge >= 0.3 is 0 Å². The van der Waals surface area contributed by atoms with E-state index in [4.69, 9.17) is 5.26 Å². The first-order valence-electron chi connectivity index (χ1n) is 5.47. The molecule has 1 saturated heterocycles. The highest BCUT2D eigenvalue weighted by Crippen LogP contribution is 2.18. The van der Waals surface area contributed by atoms with Crippen molar-refractivity contribution in [2.75, 3.05) is 13.1 Å². The molecule has 6 heteroatoms. The lowest BCUT2D eigenvalue weighted by Gasteiger charge is -2.31. The molecule has 1 aliphatic heterocycles. The van der Waals surface area contributed by atoms with E-state index in [9.17, 15) is 8.42 Å². The maximum Gasteiger partial charge on any atom is 0.280 e. The van der Waals surface area contributed by atoms with Crippen molar-refractivity contribution in [3.8, 4) is 6.07 Å². The zero-order valence-corrected chi connectivity index (χ0v) is 10.8. The SMILES string of the molecule is CC1CCN(S(=O)(=O)NC(C)(C)C#N)CC1. The zero-order valence-electron chi connectivity index (χ0n) is 10.0. The lowest BCUT2D eigenvalue weighted by molar-refractivity contribution is 0.282. The van der Waals surface area contributed by atoms with Crippen molar-refractivity contribution < 1.29 is 8.42 Å². The Morgan fingerprint density at radius 2 is 1.88 bits per heavy atom. The number of nitrogens with one attached hydrogen (secondary N) is 1. The predicted octanol–water partition coefficient (Wildman–Crippen LogP) is 0.855. The van der Waals surface area contributed by atoms with Gasteiger partial charge in [0.2, 0.25) is 0 Å². The van der Waals surface area contributed by atoms with Crippen LogP contribution < -0.4 is 4.72 Å². The van der Waals surface area contributed by atoms with Crippen molar-refractivity contribution in [3.05, 3.63) is 0 Å². The molecule has 1 rings (SSSR count). The third kappa shape index (κ3) is 3.44. The molecular weight excluding hydrogens is 226 g/mol. The van der Waals surface area contributed by atoms with E-state index < -0.39 is 15.7 Å². The standard InChI is InChI=1S/C10H19N3O2S/c1-9-4-6-13(7-5-9)16(14,15)12-10(2,3)8-11/h9,12H,4-7H2,1-3H3. The van der Waals surface area contributed by atoms with Crippen LogP contribution in [0.4, 0.5) is 0 Å². The number of rotatable bonds is 3. The number of hydrogen-bond donors (Lipinski definition) is 1. The Balaban J connectivity index is 2.69. The van der Waals surface area contributed by atoms with Gasteiger partial charge in [0.1, 0.15) is 5.54 Å². The highest BCUT2D eigenvalue weighted by Gasteiger charge is 2.31.